The molecule has 0 saturated carbocycles. The maximum atomic E-state index is 12.6. The van der Waals surface area contributed by atoms with Crippen LogP contribution in [0.5, 0.6) is 5.75 Å². The third kappa shape index (κ3) is 6.89. The monoisotopic (exact) mass is 402 g/mol. The Morgan fingerprint density at radius 2 is 1.86 bits per heavy atom. The first-order valence-electron chi connectivity index (χ1n) is 9.74. The molecule has 1 aromatic rings. The van der Waals surface area contributed by atoms with Crippen molar-refractivity contribution in [3.05, 3.63) is 36.2 Å². The molecule has 2 aliphatic rings. The van der Waals surface area contributed by atoms with Gasteiger partial charge in [0.05, 0.1) is 12.5 Å². The lowest BCUT2D eigenvalue weighted by Gasteiger charge is -2.23. The summed E-state index contributed by atoms with van der Waals surface area (Å²) in [4.78, 5) is 48.0. The Hall–Kier alpha value is -2.90. The van der Waals surface area contributed by atoms with Crippen LogP contribution in [-0.4, -0.2) is 42.2 Å². The number of rotatable bonds is 3. The fraction of sp³-hybridized carbons (Fsp3) is 0.476. The average Bonchev–Trinajstić information content (AvgIpc) is 2.68. The minimum atomic E-state index is -0.835. The van der Waals surface area contributed by atoms with Gasteiger partial charge in [-0.05, 0) is 49.3 Å². The summed E-state index contributed by atoms with van der Waals surface area (Å²) in [6, 6.07) is 5.53. The van der Waals surface area contributed by atoms with Crippen LogP contribution in [0.15, 0.2) is 24.3 Å². The second-order valence-corrected chi connectivity index (χ2v) is 7.47. The number of amides is 3. The summed E-state index contributed by atoms with van der Waals surface area (Å²) in [6.45, 7) is 3.63. The molecule has 2 bridgehead atoms. The molecule has 4 N–H and O–H groups in total. The molecular formula is C21H28N3O5. The molecule has 2 aliphatic heterocycles. The number of nitrogens with one attached hydrogen (secondary N) is 2. The molecule has 0 saturated heterocycles. The van der Waals surface area contributed by atoms with Crippen LogP contribution in [0.3, 0.4) is 0 Å². The number of carbonyl (C=O) groups excluding carboxylic acids is 4. The molecule has 8 heteroatoms. The number of hydrogen-bond donors (Lipinski definition) is 3. The third-order valence-electron chi connectivity index (χ3n) is 4.76. The van der Waals surface area contributed by atoms with Crippen molar-refractivity contribution in [3.8, 4) is 5.75 Å². The van der Waals surface area contributed by atoms with Crippen LogP contribution < -0.4 is 21.1 Å². The number of aldehydes is 1. The van der Waals surface area contributed by atoms with E-state index in [2.05, 4.69) is 10.6 Å². The zero-order chi connectivity index (χ0) is 21.4. The highest BCUT2D eigenvalue weighted by Gasteiger charge is 2.26. The maximum absolute atomic E-state index is 12.6. The van der Waals surface area contributed by atoms with E-state index in [1.165, 1.54) is 6.42 Å². The van der Waals surface area contributed by atoms with Gasteiger partial charge in [-0.25, -0.2) is 0 Å². The second kappa shape index (κ2) is 10.6. The number of hydrogen-bond acceptors (Lipinski definition) is 5. The van der Waals surface area contributed by atoms with Gasteiger partial charge in [0, 0.05) is 0 Å². The lowest BCUT2D eigenvalue weighted by atomic mass is 10.0. The van der Waals surface area contributed by atoms with E-state index >= 15 is 0 Å². The topological polar surface area (TPSA) is 128 Å². The Labute approximate surface area is 170 Å². The SMILES string of the molecule is CC(C)[C@@H]1NC(=O)[CH]Cc2ccc(cc2)OC(C(N)=O)CCC[C@@H](C=O)NC1=O. The Kier molecular flexibility index (Phi) is 8.18. The summed E-state index contributed by atoms with van der Waals surface area (Å²) in [5.74, 6) is -1.04. The standard InChI is InChI=1S/C21H28N3O5/c1-13(2)19-21(28)23-15(12-25)4-3-5-17(20(22)27)29-16-9-6-14(7-10-16)8-11-18(26)24-19/h6-7,9-13,15,17,19H,3-5,8H2,1-2H3,(H2,22,27)(H,23,28)(H,24,26)/t15-,17?,19-/m0/s1. The van der Waals surface area contributed by atoms with E-state index in [0.29, 0.717) is 37.7 Å². The minimum absolute atomic E-state index is 0.159. The highest BCUT2D eigenvalue weighted by Crippen LogP contribution is 2.18. The van der Waals surface area contributed by atoms with Gasteiger partial charge >= 0.3 is 0 Å². The highest BCUT2D eigenvalue weighted by molar-refractivity contribution is 5.92. The van der Waals surface area contributed by atoms with E-state index in [0.717, 1.165) is 5.56 Å². The van der Waals surface area contributed by atoms with E-state index < -0.39 is 30.0 Å². The third-order valence-corrected chi connectivity index (χ3v) is 4.76. The van der Waals surface area contributed by atoms with Gasteiger partial charge in [0.2, 0.25) is 11.8 Å². The molecule has 1 radical (unpaired) electrons. The van der Waals surface area contributed by atoms with Gasteiger partial charge in [-0.3, -0.25) is 14.4 Å². The minimum Gasteiger partial charge on any atom is -0.481 e. The first-order valence-corrected chi connectivity index (χ1v) is 9.74. The fourth-order valence-electron chi connectivity index (χ4n) is 3.06. The van der Waals surface area contributed by atoms with Crippen LogP contribution in [0.2, 0.25) is 0 Å². The Balaban J connectivity index is 2.22. The van der Waals surface area contributed by atoms with Crippen molar-refractivity contribution in [3.63, 3.8) is 0 Å². The first kappa shape index (κ1) is 22.4. The van der Waals surface area contributed by atoms with Crippen molar-refractivity contribution in [2.45, 2.75) is 57.7 Å². The van der Waals surface area contributed by atoms with Crippen molar-refractivity contribution >= 4 is 24.0 Å². The molecule has 0 spiro atoms. The smallest absolute Gasteiger partial charge is 0.258 e. The van der Waals surface area contributed by atoms with Gasteiger partial charge in [0.25, 0.3) is 5.91 Å². The molecule has 3 atom stereocenters. The lowest BCUT2D eigenvalue weighted by Crippen LogP contribution is -2.52. The zero-order valence-corrected chi connectivity index (χ0v) is 16.7. The molecule has 8 nitrogen and oxygen atoms in total. The van der Waals surface area contributed by atoms with E-state index in [1.807, 2.05) is 13.8 Å². The Morgan fingerprint density at radius 3 is 2.45 bits per heavy atom. The van der Waals surface area contributed by atoms with Crippen molar-refractivity contribution in [2.75, 3.05) is 0 Å². The van der Waals surface area contributed by atoms with Gasteiger partial charge in [0.15, 0.2) is 6.10 Å². The average molecular weight is 402 g/mol. The fourth-order valence-corrected chi connectivity index (χ4v) is 3.06. The number of ether oxygens (including phenoxy) is 1. The van der Waals surface area contributed by atoms with E-state index in [4.69, 9.17) is 10.5 Å². The number of nitrogens with two attached hydrogens (primary N) is 1. The van der Waals surface area contributed by atoms with Crippen molar-refractivity contribution in [2.24, 2.45) is 11.7 Å². The highest BCUT2D eigenvalue weighted by atomic mass is 16.5. The molecule has 2 heterocycles. The van der Waals surface area contributed by atoms with Crippen LogP contribution in [0.4, 0.5) is 0 Å². The number of benzene rings is 1. The number of primary amides is 1. The van der Waals surface area contributed by atoms with Gasteiger partial charge in [0.1, 0.15) is 18.1 Å². The van der Waals surface area contributed by atoms with E-state index in [1.54, 1.807) is 24.3 Å². The molecule has 3 rings (SSSR count). The summed E-state index contributed by atoms with van der Waals surface area (Å²) < 4.78 is 5.67. The van der Waals surface area contributed by atoms with Crippen LogP contribution in [0.1, 0.15) is 38.7 Å². The first-order chi connectivity index (χ1) is 13.8. The molecule has 3 amide bonds. The van der Waals surface area contributed by atoms with Crippen LogP contribution in [-0.2, 0) is 25.6 Å². The van der Waals surface area contributed by atoms with Crippen LogP contribution >= 0.6 is 0 Å². The van der Waals surface area contributed by atoms with E-state index in [-0.39, 0.29) is 11.8 Å². The predicted octanol–water partition coefficient (Wildman–Crippen LogP) is 0.674. The van der Waals surface area contributed by atoms with Crippen molar-refractivity contribution < 1.29 is 23.9 Å². The summed E-state index contributed by atoms with van der Waals surface area (Å²) in [7, 11) is 0. The van der Waals surface area contributed by atoms with E-state index in [9.17, 15) is 19.2 Å². The molecule has 0 aliphatic carbocycles. The van der Waals surface area contributed by atoms with Gasteiger partial charge in [-0.2, -0.15) is 0 Å². The molecule has 29 heavy (non-hydrogen) atoms. The zero-order valence-electron chi connectivity index (χ0n) is 16.7. The quantitative estimate of drug-likeness (QED) is 0.641. The molecule has 1 aromatic carbocycles. The molecule has 157 valence electrons. The van der Waals surface area contributed by atoms with Crippen molar-refractivity contribution in [1.29, 1.82) is 0 Å². The molecular weight excluding hydrogens is 374 g/mol. The maximum Gasteiger partial charge on any atom is 0.258 e. The van der Waals surface area contributed by atoms with Crippen LogP contribution in [0, 0.1) is 12.3 Å². The van der Waals surface area contributed by atoms with Gasteiger partial charge in [-0.15, -0.1) is 0 Å². The van der Waals surface area contributed by atoms with Crippen LogP contribution in [0.25, 0.3) is 0 Å². The lowest BCUT2D eigenvalue weighted by molar-refractivity contribution is -0.130. The normalized spacial score (nSPS) is 24.2. The Bertz CT molecular complexity index is 732. The van der Waals surface area contributed by atoms with Crippen molar-refractivity contribution in [1.82, 2.24) is 10.6 Å². The summed E-state index contributed by atoms with van der Waals surface area (Å²) in [6.07, 6.45) is 2.73. The predicted molar refractivity (Wildman–Crippen MR) is 107 cm³/mol. The summed E-state index contributed by atoms with van der Waals surface area (Å²) in [5, 5.41) is 5.37. The largest absolute Gasteiger partial charge is 0.481 e. The van der Waals surface area contributed by atoms with Gasteiger partial charge < -0.3 is 25.9 Å². The Morgan fingerprint density at radius 1 is 1.17 bits per heavy atom. The molecule has 0 aromatic heterocycles. The summed E-state index contributed by atoms with van der Waals surface area (Å²) in [5.41, 5.74) is 6.31. The number of carbonyl (C=O) groups is 4. The molecule has 0 fully saturated rings. The second-order valence-electron chi connectivity index (χ2n) is 7.47. The summed E-state index contributed by atoms with van der Waals surface area (Å²) >= 11 is 0. The van der Waals surface area contributed by atoms with Gasteiger partial charge in [-0.1, -0.05) is 26.0 Å². The molecule has 1 unspecified atom stereocenters. The number of fused-ring (bicyclic) bond motifs is 14.